The lowest BCUT2D eigenvalue weighted by Gasteiger charge is -2.09. The topological polar surface area (TPSA) is 78.8 Å². The number of nitrogens with two attached hydrogens (primary N) is 1. The number of hydrogen-bond donors (Lipinski definition) is 1. The summed E-state index contributed by atoms with van der Waals surface area (Å²) in [6, 6.07) is 11.7. The molecular formula is C19H18ClN5OS2. The van der Waals surface area contributed by atoms with Crippen LogP contribution in [0.25, 0.3) is 20.9 Å². The smallest absolute Gasteiger partial charge is 0.191 e. The van der Waals surface area contributed by atoms with Crippen LogP contribution in [-0.2, 0) is 17.0 Å². The number of fused-ring (bicyclic) bond motifs is 1. The number of benzene rings is 1. The van der Waals surface area contributed by atoms with Crippen molar-refractivity contribution in [1.82, 2.24) is 19.7 Å². The van der Waals surface area contributed by atoms with Crippen molar-refractivity contribution in [2.75, 3.05) is 19.5 Å². The molecule has 0 aliphatic rings. The van der Waals surface area contributed by atoms with Crippen molar-refractivity contribution in [1.29, 1.82) is 0 Å². The third kappa shape index (κ3) is 3.86. The lowest BCUT2D eigenvalue weighted by Crippen LogP contribution is -2.07. The average Bonchev–Trinajstić information content (AvgIpc) is 3.26. The van der Waals surface area contributed by atoms with Crippen LogP contribution in [0.1, 0.15) is 5.56 Å². The SMILES string of the molecule is COCCn1c(SCc2ccc(Cl)cc2)nnc1-c1sc2ncccc2c1N. The molecule has 2 N–H and O–H groups in total. The summed E-state index contributed by atoms with van der Waals surface area (Å²) in [5.41, 5.74) is 8.25. The van der Waals surface area contributed by atoms with E-state index < -0.39 is 0 Å². The van der Waals surface area contributed by atoms with Crippen LogP contribution in [0.2, 0.25) is 5.02 Å². The number of methoxy groups -OCH3 is 1. The minimum absolute atomic E-state index is 0.558. The van der Waals surface area contributed by atoms with E-state index in [4.69, 9.17) is 22.1 Å². The number of nitrogens with zero attached hydrogens (tertiary/aromatic N) is 4. The number of halogens is 1. The van der Waals surface area contributed by atoms with Gasteiger partial charge in [-0.1, -0.05) is 35.5 Å². The normalized spacial score (nSPS) is 11.4. The summed E-state index contributed by atoms with van der Waals surface area (Å²) < 4.78 is 7.35. The van der Waals surface area contributed by atoms with E-state index in [1.54, 1.807) is 25.1 Å². The first-order chi connectivity index (χ1) is 13.7. The molecule has 28 heavy (non-hydrogen) atoms. The summed E-state index contributed by atoms with van der Waals surface area (Å²) in [4.78, 5) is 6.19. The quantitative estimate of drug-likeness (QED) is 0.426. The molecule has 6 nitrogen and oxygen atoms in total. The van der Waals surface area contributed by atoms with Gasteiger partial charge in [-0.15, -0.1) is 21.5 Å². The summed E-state index contributed by atoms with van der Waals surface area (Å²) in [7, 11) is 1.68. The molecule has 0 radical (unpaired) electrons. The third-order valence-corrected chi connectivity index (χ3v) is 6.64. The van der Waals surface area contributed by atoms with E-state index >= 15 is 0 Å². The number of thiophene rings is 1. The molecule has 0 aliphatic carbocycles. The molecule has 0 saturated heterocycles. The van der Waals surface area contributed by atoms with Crippen molar-refractivity contribution in [3.8, 4) is 10.7 Å². The number of rotatable bonds is 7. The van der Waals surface area contributed by atoms with E-state index in [0.717, 1.165) is 36.9 Å². The first kappa shape index (κ1) is 19.2. The maximum Gasteiger partial charge on any atom is 0.191 e. The Balaban J connectivity index is 1.67. The maximum absolute atomic E-state index is 6.40. The Morgan fingerprint density at radius 2 is 2.04 bits per heavy atom. The molecule has 0 spiro atoms. The number of hydrogen-bond acceptors (Lipinski definition) is 7. The lowest BCUT2D eigenvalue weighted by atomic mass is 10.2. The van der Waals surface area contributed by atoms with Gasteiger partial charge in [0, 0.05) is 29.5 Å². The van der Waals surface area contributed by atoms with Crippen LogP contribution in [0.4, 0.5) is 5.69 Å². The Morgan fingerprint density at radius 3 is 2.79 bits per heavy atom. The van der Waals surface area contributed by atoms with E-state index in [2.05, 4.69) is 19.7 Å². The molecule has 0 bridgehead atoms. The molecule has 9 heteroatoms. The molecule has 3 heterocycles. The van der Waals surface area contributed by atoms with Crippen LogP contribution in [0.3, 0.4) is 0 Å². The van der Waals surface area contributed by atoms with Crippen LogP contribution >= 0.6 is 34.7 Å². The highest BCUT2D eigenvalue weighted by atomic mass is 35.5. The molecule has 4 aromatic rings. The van der Waals surface area contributed by atoms with Gasteiger partial charge in [-0.3, -0.25) is 4.57 Å². The summed E-state index contributed by atoms with van der Waals surface area (Å²) >= 11 is 9.12. The van der Waals surface area contributed by atoms with Crippen molar-refractivity contribution >= 4 is 50.6 Å². The molecule has 3 aromatic heterocycles. The van der Waals surface area contributed by atoms with E-state index in [9.17, 15) is 0 Å². The van der Waals surface area contributed by atoms with E-state index in [0.29, 0.717) is 18.8 Å². The standard InChI is InChI=1S/C19H18ClN5OS2/c1-26-10-9-25-17(16-15(21)14-3-2-8-22-18(14)28-16)23-24-19(25)27-11-12-4-6-13(20)7-5-12/h2-8H,9-11,21H2,1H3. The van der Waals surface area contributed by atoms with Gasteiger partial charge in [0.25, 0.3) is 0 Å². The molecule has 0 unspecified atom stereocenters. The Kier molecular flexibility index (Phi) is 5.82. The Labute approximate surface area is 175 Å². The molecule has 0 fully saturated rings. The van der Waals surface area contributed by atoms with E-state index in [-0.39, 0.29) is 0 Å². The first-order valence-corrected chi connectivity index (χ1v) is 10.8. The number of thioether (sulfide) groups is 1. The third-order valence-electron chi connectivity index (χ3n) is 4.22. The second-order valence-corrected chi connectivity index (χ2v) is 8.44. The van der Waals surface area contributed by atoms with Crippen molar-refractivity contribution in [3.05, 3.63) is 53.2 Å². The summed E-state index contributed by atoms with van der Waals surface area (Å²) in [5, 5.41) is 11.4. The van der Waals surface area contributed by atoms with Gasteiger partial charge in [-0.05, 0) is 29.8 Å². The van der Waals surface area contributed by atoms with Crippen molar-refractivity contribution < 1.29 is 4.74 Å². The highest BCUT2D eigenvalue weighted by molar-refractivity contribution is 7.98. The highest BCUT2D eigenvalue weighted by Gasteiger charge is 2.20. The van der Waals surface area contributed by atoms with Crippen LogP contribution in [0.5, 0.6) is 0 Å². The predicted molar refractivity (Wildman–Crippen MR) is 116 cm³/mol. The van der Waals surface area contributed by atoms with Gasteiger partial charge in [0.15, 0.2) is 11.0 Å². The molecule has 4 rings (SSSR count). The van der Waals surface area contributed by atoms with Gasteiger partial charge in [-0.2, -0.15) is 0 Å². The molecule has 144 valence electrons. The number of pyridine rings is 1. The first-order valence-electron chi connectivity index (χ1n) is 8.60. The van der Waals surface area contributed by atoms with Gasteiger partial charge < -0.3 is 10.5 Å². The molecule has 0 saturated carbocycles. The van der Waals surface area contributed by atoms with Crippen LogP contribution in [-0.4, -0.2) is 33.5 Å². The van der Waals surface area contributed by atoms with E-state index in [1.165, 1.54) is 16.9 Å². The fraction of sp³-hybridized carbons (Fsp3) is 0.211. The van der Waals surface area contributed by atoms with Gasteiger partial charge in [0.05, 0.1) is 23.7 Å². The minimum Gasteiger partial charge on any atom is -0.397 e. The van der Waals surface area contributed by atoms with Crippen molar-refractivity contribution in [3.63, 3.8) is 0 Å². The highest BCUT2D eigenvalue weighted by Crippen LogP contribution is 2.40. The largest absolute Gasteiger partial charge is 0.397 e. The van der Waals surface area contributed by atoms with E-state index in [1.807, 2.05) is 36.4 Å². The fourth-order valence-corrected chi connectivity index (χ4v) is 4.90. The number of ether oxygens (including phenoxy) is 1. The van der Waals surface area contributed by atoms with Crippen LogP contribution in [0, 0.1) is 0 Å². The molecular weight excluding hydrogens is 414 g/mol. The summed E-state index contributed by atoms with van der Waals surface area (Å²) in [5.74, 6) is 1.52. The molecule has 1 aromatic carbocycles. The van der Waals surface area contributed by atoms with Crippen LogP contribution in [0.15, 0.2) is 47.8 Å². The Morgan fingerprint density at radius 1 is 1.21 bits per heavy atom. The summed E-state index contributed by atoms with van der Waals surface area (Å²) in [6.45, 7) is 1.20. The lowest BCUT2D eigenvalue weighted by molar-refractivity contribution is 0.185. The second-order valence-electron chi connectivity index (χ2n) is 6.07. The average molecular weight is 432 g/mol. The molecule has 0 atom stereocenters. The zero-order valence-electron chi connectivity index (χ0n) is 15.1. The minimum atomic E-state index is 0.558. The number of anilines is 1. The Hall–Kier alpha value is -2.13. The van der Waals surface area contributed by atoms with Gasteiger partial charge >= 0.3 is 0 Å². The van der Waals surface area contributed by atoms with Gasteiger partial charge in [-0.25, -0.2) is 4.98 Å². The zero-order chi connectivity index (χ0) is 19.5. The summed E-state index contributed by atoms with van der Waals surface area (Å²) in [6.07, 6.45) is 1.77. The fourth-order valence-electron chi connectivity index (χ4n) is 2.79. The number of nitrogen functional groups attached to an aromatic ring is 1. The zero-order valence-corrected chi connectivity index (χ0v) is 17.5. The number of aromatic nitrogens is 4. The maximum atomic E-state index is 6.40. The van der Waals surface area contributed by atoms with Crippen molar-refractivity contribution in [2.24, 2.45) is 0 Å². The molecule has 0 amide bonds. The molecule has 0 aliphatic heterocycles. The van der Waals surface area contributed by atoms with Gasteiger partial charge in [0.2, 0.25) is 0 Å². The monoisotopic (exact) mass is 431 g/mol. The van der Waals surface area contributed by atoms with Gasteiger partial charge in [0.1, 0.15) is 4.83 Å². The van der Waals surface area contributed by atoms with Crippen molar-refractivity contribution in [2.45, 2.75) is 17.5 Å². The predicted octanol–water partition coefficient (Wildman–Crippen LogP) is 4.73. The second kappa shape index (κ2) is 8.48. The Bertz CT molecular complexity index is 1090. The van der Waals surface area contributed by atoms with Crippen LogP contribution < -0.4 is 5.73 Å².